The van der Waals surface area contributed by atoms with E-state index in [0.717, 1.165) is 32.2 Å². The van der Waals surface area contributed by atoms with E-state index < -0.39 is 6.04 Å². The van der Waals surface area contributed by atoms with E-state index in [-0.39, 0.29) is 47.9 Å². The summed E-state index contributed by atoms with van der Waals surface area (Å²) >= 11 is 0. The molecule has 1 aromatic carbocycles. The second-order valence-electron chi connectivity index (χ2n) is 12.8. The van der Waals surface area contributed by atoms with Crippen LogP contribution in [0.1, 0.15) is 76.1 Å². The standard InChI is InChI=1S/C30H44N4O5/c1-30(2,3)17-27(35)32-23-12-11-21-13-16-38-25-10-5-4-9-22(25)29(37)34-15-14-33(20-7-6-8-20)19-24(34)28(36)31-18-26(23)39-21/h4-5,9-10,20-21,23-24,26H,6-8,11-19H2,1-3H3,(H,31,36)(H,32,35)/t21-,23+,24-,26+/m0/s1. The molecule has 39 heavy (non-hydrogen) atoms. The fraction of sp³-hybridized carbons (Fsp3) is 0.700. The molecule has 0 spiro atoms. The molecule has 2 N–H and O–H groups in total. The summed E-state index contributed by atoms with van der Waals surface area (Å²) in [6, 6.07) is 7.03. The van der Waals surface area contributed by atoms with Crippen LogP contribution in [0.25, 0.3) is 0 Å². The lowest BCUT2D eigenvalue weighted by Crippen LogP contribution is -2.64. The Labute approximate surface area is 231 Å². The Bertz CT molecular complexity index is 1050. The van der Waals surface area contributed by atoms with Crippen LogP contribution in [0.2, 0.25) is 0 Å². The van der Waals surface area contributed by atoms with E-state index in [0.29, 0.717) is 49.9 Å². The zero-order valence-electron chi connectivity index (χ0n) is 23.6. The van der Waals surface area contributed by atoms with Crippen LogP contribution in [0.5, 0.6) is 5.75 Å². The maximum atomic E-state index is 13.8. The Morgan fingerprint density at radius 2 is 1.87 bits per heavy atom. The lowest BCUT2D eigenvalue weighted by atomic mass is 9.90. The predicted octanol–water partition coefficient (Wildman–Crippen LogP) is 2.73. The van der Waals surface area contributed by atoms with Gasteiger partial charge in [-0.05, 0) is 43.2 Å². The zero-order chi connectivity index (χ0) is 27.6. The molecule has 5 rings (SSSR count). The van der Waals surface area contributed by atoms with Gasteiger partial charge in [-0.15, -0.1) is 0 Å². The number of piperazine rings is 1. The number of carbonyl (C=O) groups excluding carboxylic acids is 3. The van der Waals surface area contributed by atoms with Crippen LogP contribution in [0.3, 0.4) is 0 Å². The number of para-hydroxylation sites is 1. The van der Waals surface area contributed by atoms with Crippen molar-refractivity contribution in [1.29, 1.82) is 0 Å². The van der Waals surface area contributed by atoms with Gasteiger partial charge in [-0.25, -0.2) is 0 Å². The molecule has 4 atom stereocenters. The number of rotatable bonds is 3. The van der Waals surface area contributed by atoms with Crippen molar-refractivity contribution in [1.82, 2.24) is 20.4 Å². The second-order valence-corrected chi connectivity index (χ2v) is 12.8. The van der Waals surface area contributed by atoms with Gasteiger partial charge >= 0.3 is 0 Å². The summed E-state index contributed by atoms with van der Waals surface area (Å²) in [7, 11) is 0. The topological polar surface area (TPSA) is 100 Å². The normalized spacial score (nSPS) is 29.2. The average Bonchev–Trinajstić information content (AvgIpc) is 2.85. The average molecular weight is 541 g/mol. The maximum Gasteiger partial charge on any atom is 0.258 e. The number of carbonyl (C=O) groups is 3. The van der Waals surface area contributed by atoms with Crippen LogP contribution in [-0.4, -0.2) is 90.6 Å². The van der Waals surface area contributed by atoms with Crippen molar-refractivity contribution in [2.75, 3.05) is 32.8 Å². The summed E-state index contributed by atoms with van der Waals surface area (Å²) in [5.41, 5.74) is 0.379. The van der Waals surface area contributed by atoms with Gasteiger partial charge < -0.3 is 25.0 Å². The lowest BCUT2D eigenvalue weighted by Gasteiger charge is -2.46. The molecule has 214 valence electrons. The SMILES string of the molecule is CC(C)(C)CC(=O)N[C@@H]1CC[C@H]2CCOc3ccccc3C(=O)N3CCN(C4CCC4)C[C@H]3C(=O)NC[C@H]1O2. The molecule has 1 saturated carbocycles. The highest BCUT2D eigenvalue weighted by atomic mass is 16.5. The van der Waals surface area contributed by atoms with E-state index in [1.165, 1.54) is 6.42 Å². The molecule has 0 radical (unpaired) electrons. The molecule has 2 saturated heterocycles. The summed E-state index contributed by atoms with van der Waals surface area (Å²) < 4.78 is 12.6. The predicted molar refractivity (Wildman–Crippen MR) is 147 cm³/mol. The lowest BCUT2D eigenvalue weighted by molar-refractivity contribution is -0.132. The number of nitrogens with one attached hydrogen (secondary N) is 2. The Kier molecular flexibility index (Phi) is 8.47. The molecular formula is C30H44N4O5. The molecule has 3 fully saturated rings. The monoisotopic (exact) mass is 540 g/mol. The van der Waals surface area contributed by atoms with E-state index in [1.807, 2.05) is 39.0 Å². The molecule has 9 nitrogen and oxygen atoms in total. The van der Waals surface area contributed by atoms with Crippen LogP contribution in [0.4, 0.5) is 0 Å². The summed E-state index contributed by atoms with van der Waals surface area (Å²) in [5.74, 6) is 0.202. The number of nitrogens with zero attached hydrogens (tertiary/aromatic N) is 2. The first-order chi connectivity index (χ1) is 18.7. The van der Waals surface area contributed by atoms with Gasteiger partial charge in [0.2, 0.25) is 11.8 Å². The van der Waals surface area contributed by atoms with Crippen LogP contribution in [-0.2, 0) is 14.3 Å². The summed E-state index contributed by atoms with van der Waals surface area (Å²) in [4.78, 5) is 44.4. The summed E-state index contributed by atoms with van der Waals surface area (Å²) in [5, 5.41) is 6.29. The minimum absolute atomic E-state index is 0.000383. The van der Waals surface area contributed by atoms with Crippen molar-refractivity contribution in [2.45, 2.75) is 96.1 Å². The molecule has 0 unspecified atom stereocenters. The highest BCUT2D eigenvalue weighted by molar-refractivity contribution is 6.00. The molecule has 3 heterocycles. The quantitative estimate of drug-likeness (QED) is 0.612. The fourth-order valence-electron chi connectivity index (χ4n) is 6.17. The van der Waals surface area contributed by atoms with Crippen molar-refractivity contribution in [3.8, 4) is 5.75 Å². The first kappa shape index (κ1) is 27.9. The van der Waals surface area contributed by atoms with Crippen LogP contribution in [0, 0.1) is 5.41 Å². The van der Waals surface area contributed by atoms with Gasteiger partial charge in [-0.2, -0.15) is 0 Å². The largest absolute Gasteiger partial charge is 0.493 e. The molecular weight excluding hydrogens is 496 g/mol. The first-order valence-electron chi connectivity index (χ1n) is 14.7. The smallest absolute Gasteiger partial charge is 0.258 e. The third-order valence-corrected chi connectivity index (χ3v) is 8.51. The number of ether oxygens (including phenoxy) is 2. The van der Waals surface area contributed by atoms with Gasteiger partial charge in [0, 0.05) is 45.1 Å². The highest BCUT2D eigenvalue weighted by Gasteiger charge is 2.41. The molecule has 9 heteroatoms. The Morgan fingerprint density at radius 1 is 1.08 bits per heavy atom. The van der Waals surface area contributed by atoms with Crippen molar-refractivity contribution in [2.24, 2.45) is 5.41 Å². The van der Waals surface area contributed by atoms with E-state index in [9.17, 15) is 14.4 Å². The van der Waals surface area contributed by atoms with Crippen LogP contribution < -0.4 is 15.4 Å². The van der Waals surface area contributed by atoms with Crippen LogP contribution in [0.15, 0.2) is 24.3 Å². The number of benzene rings is 1. The number of hydrogen-bond donors (Lipinski definition) is 2. The van der Waals surface area contributed by atoms with Gasteiger partial charge in [-0.1, -0.05) is 39.3 Å². The van der Waals surface area contributed by atoms with E-state index in [4.69, 9.17) is 9.47 Å². The second kappa shape index (κ2) is 11.8. The highest BCUT2D eigenvalue weighted by Crippen LogP contribution is 2.30. The molecule has 0 aromatic heterocycles. The third kappa shape index (κ3) is 6.74. The van der Waals surface area contributed by atoms with Crippen molar-refractivity contribution in [3.05, 3.63) is 29.8 Å². The van der Waals surface area contributed by atoms with Gasteiger partial charge in [0.05, 0.1) is 30.4 Å². The van der Waals surface area contributed by atoms with Crippen molar-refractivity contribution < 1.29 is 23.9 Å². The van der Waals surface area contributed by atoms with Gasteiger partial charge in [-0.3, -0.25) is 19.3 Å². The third-order valence-electron chi connectivity index (χ3n) is 8.51. The fourth-order valence-corrected chi connectivity index (χ4v) is 6.17. The number of hydrogen-bond acceptors (Lipinski definition) is 6. The molecule has 3 aliphatic heterocycles. The Balaban J connectivity index is 1.37. The molecule has 1 aliphatic carbocycles. The molecule has 1 aromatic rings. The first-order valence-corrected chi connectivity index (χ1v) is 14.7. The van der Waals surface area contributed by atoms with Crippen molar-refractivity contribution >= 4 is 17.7 Å². The Morgan fingerprint density at radius 3 is 2.62 bits per heavy atom. The summed E-state index contributed by atoms with van der Waals surface area (Å²) in [6.45, 7) is 8.63. The van der Waals surface area contributed by atoms with Crippen LogP contribution >= 0.6 is 0 Å². The van der Waals surface area contributed by atoms with Crippen molar-refractivity contribution in [3.63, 3.8) is 0 Å². The molecule has 4 aliphatic rings. The molecule has 3 amide bonds. The maximum absolute atomic E-state index is 13.8. The number of amides is 3. The zero-order valence-corrected chi connectivity index (χ0v) is 23.6. The van der Waals surface area contributed by atoms with E-state index in [2.05, 4.69) is 15.5 Å². The molecule has 2 bridgehead atoms. The van der Waals surface area contributed by atoms with Gasteiger partial charge in [0.25, 0.3) is 5.91 Å². The Hall–Kier alpha value is -2.65. The minimum atomic E-state index is -0.601. The summed E-state index contributed by atoms with van der Waals surface area (Å²) in [6.07, 6.45) is 5.78. The van der Waals surface area contributed by atoms with Gasteiger partial charge in [0.15, 0.2) is 0 Å². The number of fused-ring (bicyclic) bond motifs is 4. The van der Waals surface area contributed by atoms with E-state index >= 15 is 0 Å². The van der Waals surface area contributed by atoms with E-state index in [1.54, 1.807) is 11.0 Å². The minimum Gasteiger partial charge on any atom is -0.493 e. The van der Waals surface area contributed by atoms with Gasteiger partial charge in [0.1, 0.15) is 11.8 Å².